The molecule has 0 fully saturated rings. The third kappa shape index (κ3) is 2.86. The maximum absolute atomic E-state index is 2.42. The van der Waals surface area contributed by atoms with E-state index in [1.165, 1.54) is 77.2 Å². The third-order valence-electron chi connectivity index (χ3n) is 8.53. The van der Waals surface area contributed by atoms with E-state index in [1.54, 1.807) is 0 Å². The summed E-state index contributed by atoms with van der Waals surface area (Å²) >= 11 is 0. The molecule has 39 heavy (non-hydrogen) atoms. The van der Waals surface area contributed by atoms with Gasteiger partial charge in [-0.05, 0) is 77.2 Å². The van der Waals surface area contributed by atoms with Crippen molar-refractivity contribution in [1.29, 1.82) is 0 Å². The Morgan fingerprint density at radius 1 is 0.359 bits per heavy atom. The molecule has 1 aliphatic carbocycles. The van der Waals surface area contributed by atoms with Crippen molar-refractivity contribution in [1.82, 2.24) is 9.13 Å². The van der Waals surface area contributed by atoms with Gasteiger partial charge in [-0.15, -0.1) is 0 Å². The molecule has 0 unspecified atom stereocenters. The summed E-state index contributed by atoms with van der Waals surface area (Å²) in [6, 6.07) is 49.0. The van der Waals surface area contributed by atoms with Crippen molar-refractivity contribution in [2.24, 2.45) is 0 Å². The van der Waals surface area contributed by atoms with Gasteiger partial charge in [0.1, 0.15) is 0 Å². The number of nitrogens with zero attached hydrogens (tertiary/aromatic N) is 2. The first-order valence-corrected chi connectivity index (χ1v) is 13.6. The molecular weight excluding hydrogens is 472 g/mol. The van der Waals surface area contributed by atoms with Crippen LogP contribution in [0.1, 0.15) is 11.1 Å². The molecule has 9 rings (SSSR count). The van der Waals surface area contributed by atoms with Gasteiger partial charge in [-0.25, -0.2) is 0 Å². The minimum absolute atomic E-state index is 0.978. The Balaban J connectivity index is 1.27. The van der Waals surface area contributed by atoms with Gasteiger partial charge in [0, 0.05) is 32.9 Å². The lowest BCUT2D eigenvalue weighted by atomic mass is 10.0. The van der Waals surface area contributed by atoms with Gasteiger partial charge in [0.05, 0.1) is 22.1 Å². The Kier molecular flexibility index (Phi) is 4.14. The molecule has 0 N–H and O–H groups in total. The Bertz CT molecular complexity index is 1990. The maximum Gasteiger partial charge on any atom is 0.0541 e. The zero-order valence-corrected chi connectivity index (χ0v) is 21.3. The summed E-state index contributed by atoms with van der Waals surface area (Å²) in [6.45, 7) is 0. The third-order valence-corrected chi connectivity index (χ3v) is 8.53. The molecule has 0 aliphatic heterocycles. The smallest absolute Gasteiger partial charge is 0.0541 e. The first-order chi connectivity index (χ1) is 19.3. The van der Waals surface area contributed by atoms with E-state index < -0.39 is 0 Å². The summed E-state index contributed by atoms with van der Waals surface area (Å²) in [5, 5.41) is 5.18. The Morgan fingerprint density at radius 2 is 0.692 bits per heavy atom. The van der Waals surface area contributed by atoms with Crippen molar-refractivity contribution in [3.8, 4) is 22.5 Å². The lowest BCUT2D eigenvalue weighted by Gasteiger charge is -2.12. The highest BCUT2D eigenvalue weighted by atomic mass is 15.0. The van der Waals surface area contributed by atoms with Crippen LogP contribution in [0.2, 0.25) is 0 Å². The summed E-state index contributed by atoms with van der Waals surface area (Å²) in [5.41, 5.74) is 12.9. The van der Waals surface area contributed by atoms with Crippen molar-refractivity contribution >= 4 is 43.6 Å². The van der Waals surface area contributed by atoms with Crippen LogP contribution < -0.4 is 0 Å². The molecule has 0 saturated heterocycles. The van der Waals surface area contributed by atoms with Gasteiger partial charge in [-0.2, -0.15) is 0 Å². The van der Waals surface area contributed by atoms with Gasteiger partial charge in [0.15, 0.2) is 0 Å². The van der Waals surface area contributed by atoms with E-state index in [1.807, 2.05) is 0 Å². The highest BCUT2D eigenvalue weighted by Gasteiger charge is 2.22. The first kappa shape index (κ1) is 20.9. The molecular formula is C37H24N2. The van der Waals surface area contributed by atoms with Crippen LogP contribution in [0.4, 0.5) is 0 Å². The topological polar surface area (TPSA) is 9.86 Å². The number of hydrogen-bond acceptors (Lipinski definition) is 0. The first-order valence-electron chi connectivity index (χ1n) is 13.6. The number of hydrogen-bond donors (Lipinski definition) is 0. The molecule has 2 aromatic heterocycles. The monoisotopic (exact) mass is 496 g/mol. The van der Waals surface area contributed by atoms with Gasteiger partial charge in [0.25, 0.3) is 0 Å². The van der Waals surface area contributed by atoms with Crippen LogP contribution in [0.25, 0.3) is 66.1 Å². The highest BCUT2D eigenvalue weighted by Crippen LogP contribution is 2.42. The predicted molar refractivity (Wildman–Crippen MR) is 163 cm³/mol. The molecule has 8 aromatic rings. The fraction of sp³-hybridized carbons (Fsp3) is 0.0270. The zero-order valence-electron chi connectivity index (χ0n) is 21.3. The molecule has 1 aliphatic rings. The summed E-state index contributed by atoms with van der Waals surface area (Å²) in [6.07, 6.45) is 0.978. The number of aromatic nitrogens is 2. The van der Waals surface area contributed by atoms with Crippen molar-refractivity contribution in [2.75, 3.05) is 0 Å². The molecule has 0 radical (unpaired) electrons. The van der Waals surface area contributed by atoms with Crippen molar-refractivity contribution < 1.29 is 0 Å². The molecule has 2 heterocycles. The van der Waals surface area contributed by atoms with E-state index >= 15 is 0 Å². The van der Waals surface area contributed by atoms with Crippen LogP contribution in [-0.2, 0) is 6.42 Å². The second-order valence-corrected chi connectivity index (χ2v) is 10.6. The van der Waals surface area contributed by atoms with Crippen molar-refractivity contribution in [3.05, 3.63) is 145 Å². The van der Waals surface area contributed by atoms with Crippen molar-refractivity contribution in [2.45, 2.75) is 6.42 Å². The molecule has 6 aromatic carbocycles. The molecule has 0 atom stereocenters. The average molecular weight is 497 g/mol. The molecule has 0 spiro atoms. The van der Waals surface area contributed by atoms with Gasteiger partial charge in [-0.1, -0.05) is 84.9 Å². The van der Waals surface area contributed by atoms with E-state index in [0.29, 0.717) is 0 Å². The SMILES string of the molecule is c1ccc2c(c1)c1ccccc1n2-c1ccc2c(c1)-c1cc(-n3c4ccccc4c4ccccc43)ccc1C2. The summed E-state index contributed by atoms with van der Waals surface area (Å²) in [4.78, 5) is 0. The average Bonchev–Trinajstić information content (AvgIpc) is 3.64. The zero-order chi connectivity index (χ0) is 25.5. The summed E-state index contributed by atoms with van der Waals surface area (Å²) in [7, 11) is 0. The van der Waals surface area contributed by atoms with Crippen LogP contribution in [0, 0.1) is 0 Å². The summed E-state index contributed by atoms with van der Waals surface area (Å²) < 4.78 is 4.83. The minimum Gasteiger partial charge on any atom is -0.309 e. The van der Waals surface area contributed by atoms with Crippen LogP contribution >= 0.6 is 0 Å². The molecule has 2 heteroatoms. The van der Waals surface area contributed by atoms with Gasteiger partial charge in [-0.3, -0.25) is 0 Å². The fourth-order valence-electron chi connectivity index (χ4n) is 6.82. The fourth-order valence-corrected chi connectivity index (χ4v) is 6.82. The summed E-state index contributed by atoms with van der Waals surface area (Å²) in [5.74, 6) is 0. The second kappa shape index (κ2) is 7.72. The van der Waals surface area contributed by atoms with Crippen molar-refractivity contribution in [3.63, 3.8) is 0 Å². The van der Waals surface area contributed by atoms with E-state index in [0.717, 1.165) is 6.42 Å². The second-order valence-electron chi connectivity index (χ2n) is 10.6. The number of benzene rings is 6. The number of para-hydroxylation sites is 4. The van der Waals surface area contributed by atoms with E-state index in [9.17, 15) is 0 Å². The quantitative estimate of drug-likeness (QED) is 0.226. The Hall–Kier alpha value is -5.08. The predicted octanol–water partition coefficient (Wildman–Crippen LogP) is 9.45. The van der Waals surface area contributed by atoms with Crippen LogP contribution in [0.5, 0.6) is 0 Å². The van der Waals surface area contributed by atoms with E-state index in [4.69, 9.17) is 0 Å². The number of rotatable bonds is 2. The normalized spacial score (nSPS) is 12.5. The molecule has 182 valence electrons. The van der Waals surface area contributed by atoms with Crippen LogP contribution in [-0.4, -0.2) is 9.13 Å². The van der Waals surface area contributed by atoms with Gasteiger partial charge < -0.3 is 9.13 Å². The number of fused-ring (bicyclic) bond motifs is 9. The lowest BCUT2D eigenvalue weighted by molar-refractivity contribution is 1.17. The minimum atomic E-state index is 0.978. The molecule has 0 bridgehead atoms. The van der Waals surface area contributed by atoms with E-state index in [-0.39, 0.29) is 0 Å². The Morgan fingerprint density at radius 3 is 1.05 bits per heavy atom. The molecule has 0 amide bonds. The highest BCUT2D eigenvalue weighted by molar-refractivity contribution is 6.10. The van der Waals surface area contributed by atoms with Gasteiger partial charge in [0.2, 0.25) is 0 Å². The molecule has 2 nitrogen and oxygen atoms in total. The van der Waals surface area contributed by atoms with Gasteiger partial charge >= 0.3 is 0 Å². The standard InChI is InChI=1S/C37H24N2/c1-5-13-34-28(9-1)29-10-2-6-14-35(29)38(34)26-19-17-24-21-25-18-20-27(23-33(25)32(24)22-26)39-36-15-7-3-11-30(36)31-12-4-8-16-37(31)39/h1-20,22-23H,21H2. The van der Waals surface area contributed by atoms with Crippen LogP contribution in [0.3, 0.4) is 0 Å². The lowest BCUT2D eigenvalue weighted by Crippen LogP contribution is -1.96. The largest absolute Gasteiger partial charge is 0.309 e. The van der Waals surface area contributed by atoms with E-state index in [2.05, 4.69) is 143 Å². The van der Waals surface area contributed by atoms with Crippen LogP contribution in [0.15, 0.2) is 133 Å². The molecule has 0 saturated carbocycles. The maximum atomic E-state index is 2.42. The Labute approximate surface area is 226 Å².